The number of ketones is 2. The molecule has 2 aromatic rings. The van der Waals surface area contributed by atoms with Crippen LogP contribution in [0.25, 0.3) is 11.1 Å². The Balaban J connectivity index is 0.000000191. The number of aliphatic hydroxyl groups is 1. The Kier molecular flexibility index (Phi) is 16.1. The van der Waals surface area contributed by atoms with Gasteiger partial charge in [-0.3, -0.25) is 19.2 Å². The molecule has 2 aliphatic heterocycles. The van der Waals surface area contributed by atoms with E-state index in [0.29, 0.717) is 55.5 Å². The van der Waals surface area contributed by atoms with Gasteiger partial charge in [0.05, 0.1) is 43.0 Å². The van der Waals surface area contributed by atoms with Gasteiger partial charge in [0.25, 0.3) is 0 Å². The molecule has 1 N–H and O–H groups in total. The van der Waals surface area contributed by atoms with Gasteiger partial charge in [-0.15, -0.1) is 0 Å². The number of benzene rings is 2. The molecule has 0 spiro atoms. The summed E-state index contributed by atoms with van der Waals surface area (Å²) in [5.41, 5.74) is 9.20. The normalized spacial score (nSPS) is 25.7. The van der Waals surface area contributed by atoms with Crippen LogP contribution in [0.2, 0.25) is 0 Å². The molecule has 2 saturated heterocycles. The number of ether oxygens (including phenoxy) is 5. The maximum absolute atomic E-state index is 13.9. The lowest BCUT2D eigenvalue weighted by atomic mass is 9.87. The van der Waals surface area contributed by atoms with Gasteiger partial charge >= 0.3 is 5.97 Å². The molecule has 0 bridgehead atoms. The highest BCUT2D eigenvalue weighted by Crippen LogP contribution is 2.54. The van der Waals surface area contributed by atoms with E-state index in [2.05, 4.69) is 65.8 Å². The summed E-state index contributed by atoms with van der Waals surface area (Å²) in [6.45, 7) is 26.0. The third-order valence-corrected chi connectivity index (χ3v) is 14.5. The van der Waals surface area contributed by atoms with Crippen molar-refractivity contribution in [2.45, 2.75) is 147 Å². The summed E-state index contributed by atoms with van der Waals surface area (Å²) < 4.78 is 28.9. The number of aliphatic hydroxyl groups excluding tert-OH is 1. The van der Waals surface area contributed by atoms with Crippen molar-refractivity contribution < 1.29 is 48.0 Å². The molecule has 356 valence electrons. The lowest BCUT2D eigenvalue weighted by Crippen LogP contribution is -2.25. The van der Waals surface area contributed by atoms with Crippen LogP contribution in [0, 0.1) is 60.2 Å². The van der Waals surface area contributed by atoms with Crippen LogP contribution >= 0.6 is 11.6 Å². The molecule has 4 aliphatic carbocycles. The highest BCUT2D eigenvalue weighted by molar-refractivity contribution is 6.64. The number of carbonyl (C=O) groups excluding carboxylic acids is 4. The number of esters is 1. The first-order chi connectivity index (χ1) is 30.6. The van der Waals surface area contributed by atoms with E-state index < -0.39 is 5.41 Å². The van der Waals surface area contributed by atoms with Gasteiger partial charge in [-0.05, 0) is 131 Å². The quantitative estimate of drug-likeness (QED) is 0.191. The molecule has 6 aliphatic rings. The lowest BCUT2D eigenvalue weighted by molar-refractivity contribution is -0.149. The molecule has 2 saturated carbocycles. The van der Waals surface area contributed by atoms with Crippen LogP contribution in [0.3, 0.4) is 0 Å². The fourth-order valence-corrected chi connectivity index (χ4v) is 10.6. The third kappa shape index (κ3) is 10.7. The van der Waals surface area contributed by atoms with Crippen LogP contribution in [0.5, 0.6) is 0 Å². The summed E-state index contributed by atoms with van der Waals surface area (Å²) >= 11 is 5.11. The van der Waals surface area contributed by atoms with Crippen molar-refractivity contribution in [3.05, 3.63) is 80.3 Å². The molecule has 10 nitrogen and oxygen atoms in total. The summed E-state index contributed by atoms with van der Waals surface area (Å²) in [4.78, 5) is 50.4. The minimum atomic E-state index is -0.649. The van der Waals surface area contributed by atoms with Crippen LogP contribution in [-0.4, -0.2) is 66.9 Å². The SMILES string of the molecule is CC(C)(C)C(=O)Cl.CCc1cc(C)cc(CC)c1C1=C(O)C2CC(C3OCCO3)CC2C1=O.CCc1cc(C)cc(CC)c1C1=C(OC(=O)C(C)(C)C)C2CC(C3OCCO3)CC2C1=O. The van der Waals surface area contributed by atoms with Gasteiger partial charge in [-0.25, -0.2) is 0 Å². The molecule has 65 heavy (non-hydrogen) atoms. The molecule has 11 heteroatoms. The van der Waals surface area contributed by atoms with Crippen molar-refractivity contribution in [3.8, 4) is 0 Å². The van der Waals surface area contributed by atoms with Crippen molar-refractivity contribution in [2.24, 2.45) is 46.3 Å². The number of carbonyl (C=O) groups is 4. The van der Waals surface area contributed by atoms with Crippen LogP contribution in [0.1, 0.15) is 139 Å². The number of halogens is 1. The second-order valence-electron chi connectivity index (χ2n) is 20.8. The highest BCUT2D eigenvalue weighted by atomic mass is 35.5. The third-order valence-electron chi connectivity index (χ3n) is 13.9. The molecule has 6 unspecified atom stereocenters. The van der Waals surface area contributed by atoms with Crippen molar-refractivity contribution in [1.29, 1.82) is 0 Å². The summed E-state index contributed by atoms with van der Waals surface area (Å²) in [6, 6.07) is 8.63. The number of hydrogen-bond donors (Lipinski definition) is 1. The molecule has 0 radical (unpaired) electrons. The minimum absolute atomic E-state index is 0.0778. The van der Waals surface area contributed by atoms with E-state index in [1.165, 1.54) is 11.1 Å². The van der Waals surface area contributed by atoms with E-state index >= 15 is 0 Å². The van der Waals surface area contributed by atoms with Gasteiger partial charge in [-0.2, -0.15) is 0 Å². The molecule has 2 aromatic carbocycles. The van der Waals surface area contributed by atoms with Crippen LogP contribution < -0.4 is 0 Å². The van der Waals surface area contributed by atoms with Gasteiger partial charge in [-0.1, -0.05) is 83.9 Å². The second kappa shape index (κ2) is 20.7. The fourth-order valence-electron chi connectivity index (χ4n) is 10.6. The predicted octanol–water partition coefficient (Wildman–Crippen LogP) is 10.8. The first kappa shape index (κ1) is 50.7. The summed E-state index contributed by atoms with van der Waals surface area (Å²) in [5.74, 6) is 0.677. The Morgan fingerprint density at radius 2 is 0.938 bits per heavy atom. The molecular formula is C54H73ClO10. The first-order valence-electron chi connectivity index (χ1n) is 24.0. The molecule has 6 atom stereocenters. The van der Waals surface area contributed by atoms with Gasteiger partial charge in [0.2, 0.25) is 5.24 Å². The zero-order valence-corrected chi connectivity index (χ0v) is 41.7. The zero-order chi connectivity index (χ0) is 47.7. The molecule has 0 amide bonds. The van der Waals surface area contributed by atoms with E-state index in [1.54, 1.807) is 20.8 Å². The van der Waals surface area contributed by atoms with Gasteiger partial charge < -0.3 is 28.8 Å². The standard InChI is InChI=1S/C27H36O5.C22H28O4.C5H9ClO/c1-7-16-11-15(3)12-17(8-2)21(16)22-23(28)19-13-18(25-30-9-10-31-25)14-20(19)24(22)32-26(29)27(4,5)6;1-4-13-8-12(3)9-14(5-2)18(13)19-20(23)16-10-15(11-17(16)21(19)24)22-25-6-7-26-22;1-5(2,3)4(6)7/h11-12,18-20,25H,7-10,13-14H2,1-6H3;8-9,15-17,22-23H,4-7,10-11H2,1-3H3;1-3H3. The molecular weight excluding hydrogens is 844 g/mol. The largest absolute Gasteiger partial charge is 0.511 e. The van der Waals surface area contributed by atoms with E-state index in [4.69, 9.17) is 35.3 Å². The maximum atomic E-state index is 13.9. The number of Topliss-reactive ketones (excluding diaryl/α,β-unsaturated/α-hetero) is 2. The molecule has 4 fully saturated rings. The topological polar surface area (TPSA) is 135 Å². The summed E-state index contributed by atoms with van der Waals surface area (Å²) in [7, 11) is 0. The van der Waals surface area contributed by atoms with Crippen molar-refractivity contribution in [2.75, 3.05) is 26.4 Å². The van der Waals surface area contributed by atoms with Crippen LogP contribution in [-0.2, 0) is 68.5 Å². The van der Waals surface area contributed by atoms with Gasteiger partial charge in [0, 0.05) is 40.9 Å². The predicted molar refractivity (Wildman–Crippen MR) is 253 cm³/mol. The van der Waals surface area contributed by atoms with E-state index in [9.17, 15) is 24.3 Å². The Hall–Kier alpha value is -3.67. The lowest BCUT2D eigenvalue weighted by Gasteiger charge is -2.23. The van der Waals surface area contributed by atoms with E-state index in [-0.39, 0.29) is 76.3 Å². The fraction of sp³-hybridized carbons (Fsp3) is 0.630. The Bertz CT molecular complexity index is 2140. The summed E-state index contributed by atoms with van der Waals surface area (Å²) in [5, 5.41) is 10.7. The van der Waals surface area contributed by atoms with Crippen LogP contribution in [0.15, 0.2) is 35.8 Å². The first-order valence-corrected chi connectivity index (χ1v) is 24.4. The van der Waals surface area contributed by atoms with Crippen LogP contribution in [0.4, 0.5) is 0 Å². The Morgan fingerprint density at radius 3 is 1.29 bits per heavy atom. The van der Waals surface area contributed by atoms with Gasteiger partial charge in [0.1, 0.15) is 11.5 Å². The second-order valence-corrected chi connectivity index (χ2v) is 21.2. The number of allylic oxidation sites excluding steroid dienone is 4. The Labute approximate surface area is 392 Å². The zero-order valence-electron chi connectivity index (χ0n) is 40.9. The number of hydrogen-bond acceptors (Lipinski definition) is 10. The average Bonchev–Trinajstić information content (AvgIpc) is 4.12. The monoisotopic (exact) mass is 916 g/mol. The van der Waals surface area contributed by atoms with Gasteiger partial charge in [0.15, 0.2) is 24.1 Å². The number of fused-ring (bicyclic) bond motifs is 2. The average molecular weight is 918 g/mol. The number of aryl methyl sites for hydroxylation is 6. The van der Waals surface area contributed by atoms with E-state index in [1.807, 2.05) is 20.8 Å². The van der Waals surface area contributed by atoms with Crippen molar-refractivity contribution in [3.63, 3.8) is 0 Å². The highest BCUT2D eigenvalue weighted by Gasteiger charge is 2.54. The summed E-state index contributed by atoms with van der Waals surface area (Å²) in [6.07, 6.45) is 5.86. The molecule has 2 heterocycles. The molecule has 0 aromatic heterocycles. The number of rotatable bonds is 9. The molecule has 8 rings (SSSR count). The smallest absolute Gasteiger partial charge is 0.316 e. The Morgan fingerprint density at radius 1 is 0.600 bits per heavy atom. The minimum Gasteiger partial charge on any atom is -0.511 e. The van der Waals surface area contributed by atoms with Crippen molar-refractivity contribution in [1.82, 2.24) is 0 Å². The van der Waals surface area contributed by atoms with Crippen molar-refractivity contribution >= 4 is 45.5 Å². The van der Waals surface area contributed by atoms with E-state index in [0.717, 1.165) is 78.3 Å². The maximum Gasteiger partial charge on any atom is 0.316 e.